The Labute approximate surface area is 151 Å². The van der Waals surface area contributed by atoms with Crippen molar-refractivity contribution in [2.24, 2.45) is 0 Å². The molecule has 0 spiro atoms. The number of sulfonamides is 1. The quantitative estimate of drug-likeness (QED) is 0.873. The zero-order valence-corrected chi connectivity index (χ0v) is 15.4. The highest BCUT2D eigenvalue weighted by molar-refractivity contribution is 7.89. The fraction of sp³-hybridized carbons (Fsp3) is 0.400. The fourth-order valence-electron chi connectivity index (χ4n) is 2.93. The van der Waals surface area contributed by atoms with E-state index in [0.717, 1.165) is 12.4 Å². The first-order valence-electron chi connectivity index (χ1n) is 7.62. The van der Waals surface area contributed by atoms with Crippen molar-refractivity contribution < 1.29 is 8.42 Å². The molecular formula is C15H18Cl2N4O2S. The minimum Gasteiger partial charge on any atom is -0.347 e. The maximum atomic E-state index is 13.0. The van der Waals surface area contributed by atoms with Crippen LogP contribution in [0.2, 0.25) is 10.0 Å². The van der Waals surface area contributed by atoms with Crippen LogP contribution in [-0.2, 0) is 10.0 Å². The van der Waals surface area contributed by atoms with Gasteiger partial charge in [0.05, 0.1) is 11.1 Å². The molecule has 9 heteroatoms. The molecule has 1 aromatic carbocycles. The molecule has 1 atom stereocenters. The van der Waals surface area contributed by atoms with E-state index in [1.165, 1.54) is 16.4 Å². The van der Waals surface area contributed by atoms with E-state index >= 15 is 0 Å². The van der Waals surface area contributed by atoms with Gasteiger partial charge in [0, 0.05) is 37.1 Å². The number of aromatic nitrogens is 2. The van der Waals surface area contributed by atoms with Crippen LogP contribution in [0.4, 0.5) is 0 Å². The molecule has 1 aliphatic heterocycles. The van der Waals surface area contributed by atoms with Gasteiger partial charge >= 0.3 is 0 Å². The second kappa shape index (κ2) is 7.01. The van der Waals surface area contributed by atoms with Gasteiger partial charge in [-0.25, -0.2) is 13.4 Å². The van der Waals surface area contributed by atoms with Gasteiger partial charge in [-0.3, -0.25) is 4.90 Å². The molecule has 1 fully saturated rings. The lowest BCUT2D eigenvalue weighted by Gasteiger charge is -2.39. The number of H-pyrrole nitrogens is 1. The summed E-state index contributed by atoms with van der Waals surface area (Å²) < 4.78 is 27.5. The van der Waals surface area contributed by atoms with Crippen LogP contribution >= 0.6 is 23.2 Å². The van der Waals surface area contributed by atoms with E-state index in [1.807, 2.05) is 6.92 Å². The number of piperazine rings is 1. The molecule has 3 rings (SSSR count). The Morgan fingerprint density at radius 1 is 1.33 bits per heavy atom. The van der Waals surface area contributed by atoms with Crippen LogP contribution in [0.5, 0.6) is 0 Å². The van der Waals surface area contributed by atoms with Crippen molar-refractivity contribution in [1.82, 2.24) is 19.2 Å². The molecule has 1 saturated heterocycles. The van der Waals surface area contributed by atoms with Gasteiger partial charge in [0.25, 0.3) is 0 Å². The number of hydrogen-bond acceptors (Lipinski definition) is 4. The van der Waals surface area contributed by atoms with Gasteiger partial charge in [0.2, 0.25) is 10.0 Å². The summed E-state index contributed by atoms with van der Waals surface area (Å²) in [5, 5.41) is 0.514. The van der Waals surface area contributed by atoms with Crippen LogP contribution in [0.1, 0.15) is 18.8 Å². The Hall–Kier alpha value is -1.12. The van der Waals surface area contributed by atoms with Crippen molar-refractivity contribution in [3.05, 3.63) is 46.5 Å². The third-order valence-corrected chi connectivity index (χ3v) is 6.79. The average molecular weight is 389 g/mol. The van der Waals surface area contributed by atoms with Gasteiger partial charge in [-0.05, 0) is 24.7 Å². The number of likely N-dealkylation sites (N-methyl/N-ethyl adjacent to an activating group) is 1. The number of nitrogens with one attached hydrogen (secondary N) is 1. The van der Waals surface area contributed by atoms with Crippen molar-refractivity contribution in [2.75, 3.05) is 26.2 Å². The average Bonchev–Trinajstić information content (AvgIpc) is 3.10. The summed E-state index contributed by atoms with van der Waals surface area (Å²) >= 11 is 12.1. The highest BCUT2D eigenvalue weighted by Gasteiger charge is 2.36. The molecule has 24 heavy (non-hydrogen) atoms. The Morgan fingerprint density at radius 2 is 2.12 bits per heavy atom. The van der Waals surface area contributed by atoms with E-state index in [1.54, 1.807) is 18.5 Å². The van der Waals surface area contributed by atoms with Gasteiger partial charge in [-0.2, -0.15) is 4.31 Å². The number of halogens is 2. The molecule has 0 bridgehead atoms. The Bertz CT molecular complexity index is 811. The molecule has 2 aromatic rings. The number of hydrogen-bond donors (Lipinski definition) is 1. The summed E-state index contributed by atoms with van der Waals surface area (Å²) in [5.74, 6) is 0.758. The molecule has 6 nitrogen and oxygen atoms in total. The molecule has 0 unspecified atom stereocenters. The first kappa shape index (κ1) is 17.7. The minimum atomic E-state index is -3.72. The summed E-state index contributed by atoms with van der Waals surface area (Å²) in [6, 6.07) is 4.35. The molecule has 2 heterocycles. The first-order chi connectivity index (χ1) is 11.4. The highest BCUT2D eigenvalue weighted by atomic mass is 35.5. The fourth-order valence-corrected chi connectivity index (χ4v) is 5.10. The summed E-state index contributed by atoms with van der Waals surface area (Å²) in [5.41, 5.74) is 0. The lowest BCUT2D eigenvalue weighted by molar-refractivity contribution is 0.119. The molecule has 1 aromatic heterocycles. The van der Waals surface area contributed by atoms with E-state index in [2.05, 4.69) is 14.9 Å². The normalized spacial score (nSPS) is 20.4. The summed E-state index contributed by atoms with van der Waals surface area (Å²) in [6.07, 6.45) is 3.41. The first-order valence-corrected chi connectivity index (χ1v) is 9.81. The smallest absolute Gasteiger partial charge is 0.244 e. The van der Waals surface area contributed by atoms with Crippen molar-refractivity contribution in [2.45, 2.75) is 17.9 Å². The van der Waals surface area contributed by atoms with Crippen molar-refractivity contribution >= 4 is 33.2 Å². The third kappa shape index (κ3) is 3.32. The zero-order chi connectivity index (χ0) is 17.3. The SMILES string of the molecule is CCN1CCN(S(=O)(=O)c2cc(Cl)ccc2Cl)C[C@@H]1c1ncc[nH]1. The van der Waals surface area contributed by atoms with Gasteiger partial charge < -0.3 is 4.98 Å². The molecule has 1 N–H and O–H groups in total. The number of aromatic amines is 1. The van der Waals surface area contributed by atoms with Crippen LogP contribution in [0.3, 0.4) is 0 Å². The highest BCUT2D eigenvalue weighted by Crippen LogP contribution is 2.31. The molecule has 0 radical (unpaired) electrons. The van der Waals surface area contributed by atoms with E-state index in [0.29, 0.717) is 24.7 Å². The zero-order valence-electron chi connectivity index (χ0n) is 13.1. The second-order valence-corrected chi connectivity index (χ2v) is 8.31. The topological polar surface area (TPSA) is 69.3 Å². The molecular weight excluding hydrogens is 371 g/mol. The predicted molar refractivity (Wildman–Crippen MR) is 93.8 cm³/mol. The lowest BCUT2D eigenvalue weighted by Crippen LogP contribution is -2.50. The lowest BCUT2D eigenvalue weighted by atomic mass is 10.2. The van der Waals surface area contributed by atoms with Crippen LogP contribution in [-0.4, -0.2) is 53.8 Å². The Kier molecular flexibility index (Phi) is 5.17. The van der Waals surface area contributed by atoms with Crippen molar-refractivity contribution in [3.63, 3.8) is 0 Å². The van der Waals surface area contributed by atoms with E-state index in [9.17, 15) is 8.42 Å². The van der Waals surface area contributed by atoms with Crippen LogP contribution in [0.25, 0.3) is 0 Å². The van der Waals surface area contributed by atoms with Crippen LogP contribution < -0.4 is 0 Å². The largest absolute Gasteiger partial charge is 0.347 e. The standard InChI is InChI=1S/C15H18Cl2N4O2S/c1-2-20-7-8-21(10-13(20)15-18-5-6-19-15)24(22,23)14-9-11(16)3-4-12(14)17/h3-6,9,13H,2,7-8,10H2,1H3,(H,18,19)/t13-/m1/s1. The number of benzene rings is 1. The summed E-state index contributed by atoms with van der Waals surface area (Å²) in [4.78, 5) is 9.62. The number of rotatable bonds is 4. The second-order valence-electron chi connectivity index (χ2n) is 5.56. The Balaban J connectivity index is 1.93. The van der Waals surface area contributed by atoms with Gasteiger partial charge in [0.15, 0.2) is 0 Å². The van der Waals surface area contributed by atoms with E-state index in [-0.39, 0.29) is 16.0 Å². The van der Waals surface area contributed by atoms with Crippen LogP contribution in [0, 0.1) is 0 Å². The maximum Gasteiger partial charge on any atom is 0.244 e. The van der Waals surface area contributed by atoms with Gasteiger partial charge in [0.1, 0.15) is 10.7 Å². The summed E-state index contributed by atoms with van der Waals surface area (Å²) in [6.45, 7) is 4.20. The van der Waals surface area contributed by atoms with Crippen molar-refractivity contribution in [3.8, 4) is 0 Å². The summed E-state index contributed by atoms with van der Waals surface area (Å²) in [7, 11) is -3.72. The van der Waals surface area contributed by atoms with Crippen LogP contribution in [0.15, 0.2) is 35.5 Å². The molecule has 0 amide bonds. The maximum absolute atomic E-state index is 13.0. The van der Waals surface area contributed by atoms with Gasteiger partial charge in [-0.15, -0.1) is 0 Å². The Morgan fingerprint density at radius 3 is 2.79 bits per heavy atom. The predicted octanol–water partition coefficient (Wildman–Crippen LogP) is 2.78. The number of nitrogens with zero attached hydrogens (tertiary/aromatic N) is 3. The van der Waals surface area contributed by atoms with Gasteiger partial charge in [-0.1, -0.05) is 30.1 Å². The minimum absolute atomic E-state index is 0.0415. The molecule has 0 aliphatic carbocycles. The molecule has 1 aliphatic rings. The van der Waals surface area contributed by atoms with E-state index in [4.69, 9.17) is 23.2 Å². The molecule has 130 valence electrons. The third-order valence-electron chi connectivity index (χ3n) is 4.21. The monoisotopic (exact) mass is 388 g/mol. The van der Waals surface area contributed by atoms with Crippen molar-refractivity contribution in [1.29, 1.82) is 0 Å². The number of imidazole rings is 1. The van der Waals surface area contributed by atoms with E-state index < -0.39 is 10.0 Å². The molecule has 0 saturated carbocycles.